The van der Waals surface area contributed by atoms with Gasteiger partial charge in [-0.15, -0.1) is 0 Å². The van der Waals surface area contributed by atoms with Crippen molar-refractivity contribution >= 4 is 14.3 Å². The maximum Gasteiger partial charge on any atom is 0.333 e. The maximum atomic E-state index is 14.6. The van der Waals surface area contributed by atoms with E-state index >= 15 is 0 Å². The van der Waals surface area contributed by atoms with Gasteiger partial charge in [-0.25, -0.2) is 14.2 Å². The van der Waals surface area contributed by atoms with Crippen LogP contribution in [0.15, 0.2) is 30.7 Å². The average Bonchev–Trinajstić information content (AvgIpc) is 3.10. The summed E-state index contributed by atoms with van der Waals surface area (Å²) >= 11 is 0. The highest BCUT2D eigenvalue weighted by Gasteiger charge is 2.37. The number of aromatic nitrogens is 2. The number of methoxy groups -OCH3 is 1. The fourth-order valence-corrected chi connectivity index (χ4v) is 3.75. The van der Waals surface area contributed by atoms with Crippen LogP contribution in [0.5, 0.6) is 0 Å². The summed E-state index contributed by atoms with van der Waals surface area (Å²) in [5, 5.41) is 9.05. The van der Waals surface area contributed by atoms with Crippen molar-refractivity contribution in [3.05, 3.63) is 53.4 Å². The van der Waals surface area contributed by atoms with Gasteiger partial charge >= 0.3 is 5.97 Å². The van der Waals surface area contributed by atoms with Crippen molar-refractivity contribution in [1.29, 1.82) is 5.26 Å². The SMILES string of the molecule is COC(=O)C(c1ccc(C#N)cc1F)n1cncc1CCO[Si](C)(C)C(C)(C)C. The molecule has 8 heteroatoms. The number of nitriles is 1. The molecule has 0 saturated heterocycles. The van der Waals surface area contributed by atoms with E-state index < -0.39 is 26.1 Å². The second kappa shape index (κ2) is 8.89. The number of carbonyl (C=O) groups excluding carboxylic acids is 1. The number of hydrogen-bond acceptors (Lipinski definition) is 5. The minimum atomic E-state index is -1.91. The lowest BCUT2D eigenvalue weighted by molar-refractivity contribution is -0.143. The maximum absolute atomic E-state index is 14.6. The van der Waals surface area contributed by atoms with Crippen LogP contribution in [0.4, 0.5) is 4.39 Å². The van der Waals surface area contributed by atoms with Gasteiger partial charge in [0.05, 0.1) is 25.1 Å². The van der Waals surface area contributed by atoms with Crippen LogP contribution in [-0.2, 0) is 20.4 Å². The van der Waals surface area contributed by atoms with Crippen LogP contribution in [0.2, 0.25) is 18.1 Å². The zero-order chi connectivity index (χ0) is 21.8. The third-order valence-corrected chi connectivity index (χ3v) is 10.0. The number of esters is 1. The summed E-state index contributed by atoms with van der Waals surface area (Å²) in [6, 6.07) is 4.89. The van der Waals surface area contributed by atoms with Crippen molar-refractivity contribution < 1.29 is 18.3 Å². The van der Waals surface area contributed by atoms with Gasteiger partial charge in [-0.3, -0.25) is 0 Å². The first-order valence-corrected chi connectivity index (χ1v) is 12.3. The number of halogens is 1. The van der Waals surface area contributed by atoms with Gasteiger partial charge in [0.1, 0.15) is 5.82 Å². The third kappa shape index (κ3) is 5.11. The van der Waals surface area contributed by atoms with E-state index in [1.165, 1.54) is 25.6 Å². The van der Waals surface area contributed by atoms with Crippen molar-refractivity contribution in [3.63, 3.8) is 0 Å². The van der Waals surface area contributed by atoms with Gasteiger partial charge in [-0.1, -0.05) is 26.8 Å². The number of benzene rings is 1. The highest BCUT2D eigenvalue weighted by molar-refractivity contribution is 6.74. The Morgan fingerprint density at radius 3 is 2.62 bits per heavy atom. The Balaban J connectivity index is 2.31. The minimum Gasteiger partial charge on any atom is -0.467 e. The molecule has 0 spiro atoms. The molecule has 0 bridgehead atoms. The van der Waals surface area contributed by atoms with Gasteiger partial charge in [0.2, 0.25) is 0 Å². The van der Waals surface area contributed by atoms with Crippen LogP contribution in [0.25, 0.3) is 0 Å². The molecule has 156 valence electrons. The molecular weight excluding hydrogens is 389 g/mol. The predicted octanol–water partition coefficient (Wildman–Crippen LogP) is 4.22. The lowest BCUT2D eigenvalue weighted by Gasteiger charge is -2.36. The zero-order valence-electron chi connectivity index (χ0n) is 17.8. The molecule has 1 aromatic carbocycles. The van der Waals surface area contributed by atoms with Gasteiger partial charge < -0.3 is 13.7 Å². The lowest BCUT2D eigenvalue weighted by Crippen LogP contribution is -2.41. The van der Waals surface area contributed by atoms with Gasteiger partial charge in [-0.05, 0) is 30.3 Å². The number of imidazole rings is 1. The topological polar surface area (TPSA) is 77.1 Å². The van der Waals surface area contributed by atoms with E-state index in [1.54, 1.807) is 10.8 Å². The highest BCUT2D eigenvalue weighted by atomic mass is 28.4. The first-order chi connectivity index (χ1) is 13.5. The predicted molar refractivity (Wildman–Crippen MR) is 110 cm³/mol. The molecule has 1 unspecified atom stereocenters. The Morgan fingerprint density at radius 2 is 2.07 bits per heavy atom. The summed E-state index contributed by atoms with van der Waals surface area (Å²) in [5.74, 6) is -1.25. The molecular formula is C21H28FN3O3Si. The molecule has 0 N–H and O–H groups in total. The van der Waals surface area contributed by atoms with Gasteiger partial charge in [0, 0.05) is 30.5 Å². The van der Waals surface area contributed by atoms with Gasteiger partial charge in [-0.2, -0.15) is 5.26 Å². The molecule has 0 saturated carbocycles. The second-order valence-electron chi connectivity index (χ2n) is 8.42. The van der Waals surface area contributed by atoms with Crippen LogP contribution in [0, 0.1) is 17.1 Å². The summed E-state index contributed by atoms with van der Waals surface area (Å²) < 4.78 is 27.4. The number of carbonyl (C=O) groups is 1. The number of hydrogen-bond donors (Lipinski definition) is 0. The molecule has 0 radical (unpaired) electrons. The van der Waals surface area contributed by atoms with Gasteiger partial charge in [0.15, 0.2) is 14.4 Å². The summed E-state index contributed by atoms with van der Waals surface area (Å²) in [6.07, 6.45) is 3.66. The molecule has 2 rings (SSSR count). The van der Waals surface area contributed by atoms with E-state index in [2.05, 4.69) is 38.8 Å². The first kappa shape index (κ1) is 22.8. The molecule has 0 aliphatic heterocycles. The van der Waals surface area contributed by atoms with E-state index in [0.717, 1.165) is 11.8 Å². The number of nitrogens with zero attached hydrogens (tertiary/aromatic N) is 3. The van der Waals surface area contributed by atoms with E-state index in [4.69, 9.17) is 14.4 Å². The summed E-state index contributed by atoms with van der Waals surface area (Å²) in [6.45, 7) is 11.3. The Hall–Kier alpha value is -2.50. The van der Waals surface area contributed by atoms with Crippen LogP contribution in [0.1, 0.15) is 43.6 Å². The normalized spacial score (nSPS) is 13.0. The molecule has 0 fully saturated rings. The monoisotopic (exact) mass is 417 g/mol. The van der Waals surface area contributed by atoms with Crippen molar-refractivity contribution in [2.75, 3.05) is 13.7 Å². The second-order valence-corrected chi connectivity index (χ2v) is 13.2. The molecule has 29 heavy (non-hydrogen) atoms. The van der Waals surface area contributed by atoms with E-state index in [9.17, 15) is 9.18 Å². The van der Waals surface area contributed by atoms with Crippen molar-refractivity contribution in [2.24, 2.45) is 0 Å². The molecule has 6 nitrogen and oxygen atoms in total. The Labute approximate surface area is 172 Å². The fraction of sp³-hybridized carbons (Fsp3) is 0.476. The van der Waals surface area contributed by atoms with Crippen LogP contribution >= 0.6 is 0 Å². The van der Waals surface area contributed by atoms with Crippen LogP contribution < -0.4 is 0 Å². The largest absolute Gasteiger partial charge is 0.467 e. The number of rotatable bonds is 7. The molecule has 1 aromatic heterocycles. The quantitative estimate of drug-likeness (QED) is 0.498. The molecule has 1 atom stereocenters. The van der Waals surface area contributed by atoms with E-state index in [0.29, 0.717) is 13.0 Å². The van der Waals surface area contributed by atoms with Crippen LogP contribution in [-0.4, -0.2) is 37.6 Å². The fourth-order valence-electron chi connectivity index (χ4n) is 2.71. The molecule has 0 aliphatic rings. The third-order valence-electron chi connectivity index (χ3n) is 5.50. The standard InChI is InChI=1S/C21H28FN3O3Si/c1-21(2,3)29(5,6)28-10-9-16-13-24-14-25(16)19(20(26)27-4)17-8-7-15(12-23)11-18(17)22/h7-8,11,13-14,19H,9-10H2,1-6H3. The average molecular weight is 418 g/mol. The zero-order valence-corrected chi connectivity index (χ0v) is 18.8. The summed E-state index contributed by atoms with van der Waals surface area (Å²) in [5.41, 5.74) is 1.05. The molecule has 2 aromatic rings. The molecule has 0 aliphatic carbocycles. The molecule has 0 amide bonds. The van der Waals surface area contributed by atoms with Crippen molar-refractivity contribution in [2.45, 2.75) is 51.4 Å². The Morgan fingerprint density at radius 1 is 1.38 bits per heavy atom. The lowest BCUT2D eigenvalue weighted by atomic mass is 10.0. The van der Waals surface area contributed by atoms with E-state index in [-0.39, 0.29) is 16.2 Å². The minimum absolute atomic E-state index is 0.0907. The number of ether oxygens (including phenoxy) is 1. The first-order valence-electron chi connectivity index (χ1n) is 9.44. The summed E-state index contributed by atoms with van der Waals surface area (Å²) in [7, 11) is -0.649. The summed E-state index contributed by atoms with van der Waals surface area (Å²) in [4.78, 5) is 16.7. The highest BCUT2D eigenvalue weighted by Crippen LogP contribution is 2.36. The smallest absolute Gasteiger partial charge is 0.333 e. The van der Waals surface area contributed by atoms with E-state index in [1.807, 2.05) is 6.07 Å². The Bertz CT molecular complexity index is 913. The van der Waals surface area contributed by atoms with Crippen LogP contribution in [0.3, 0.4) is 0 Å². The van der Waals surface area contributed by atoms with Gasteiger partial charge in [0.25, 0.3) is 0 Å². The van der Waals surface area contributed by atoms with Crippen molar-refractivity contribution in [3.8, 4) is 6.07 Å². The Kier molecular flexibility index (Phi) is 6.98. The van der Waals surface area contributed by atoms with Crippen molar-refractivity contribution in [1.82, 2.24) is 9.55 Å². The molecule has 1 heterocycles.